The lowest BCUT2D eigenvalue weighted by Crippen LogP contribution is -2.55. The zero-order valence-electron chi connectivity index (χ0n) is 14.2. The van der Waals surface area contributed by atoms with Gasteiger partial charge in [0.2, 0.25) is 0 Å². The van der Waals surface area contributed by atoms with Crippen LogP contribution < -0.4 is 5.32 Å². The van der Waals surface area contributed by atoms with Crippen LogP contribution in [-0.4, -0.2) is 48.2 Å². The van der Waals surface area contributed by atoms with Gasteiger partial charge in [0.05, 0.1) is 0 Å². The summed E-state index contributed by atoms with van der Waals surface area (Å²) in [6.45, 7) is 7.25. The second-order valence-corrected chi connectivity index (χ2v) is 6.59. The predicted molar refractivity (Wildman–Crippen MR) is 87.6 cm³/mol. The topological polar surface area (TPSA) is 52.6 Å². The predicted octanol–water partition coefficient (Wildman–Crippen LogP) is 3.12. The summed E-state index contributed by atoms with van der Waals surface area (Å²) in [6.07, 6.45) is 8.62. The molecule has 124 valence electrons. The van der Waals surface area contributed by atoms with Crippen molar-refractivity contribution in [2.24, 2.45) is 5.92 Å². The molecule has 2 atom stereocenters. The summed E-state index contributed by atoms with van der Waals surface area (Å²) in [4.78, 5) is 14.2. The molecule has 1 aliphatic carbocycles. The van der Waals surface area contributed by atoms with E-state index in [1.54, 1.807) is 0 Å². The fourth-order valence-electron chi connectivity index (χ4n) is 3.53. The van der Waals surface area contributed by atoms with E-state index in [2.05, 4.69) is 31.1 Å². The van der Waals surface area contributed by atoms with E-state index in [4.69, 9.17) is 0 Å². The number of carbonyl (C=O) groups is 1. The van der Waals surface area contributed by atoms with Gasteiger partial charge in [-0.3, -0.25) is 4.79 Å². The van der Waals surface area contributed by atoms with Gasteiger partial charge in [0.25, 0.3) is 0 Å². The molecular weight excluding hydrogens is 264 g/mol. The first-order valence-electron chi connectivity index (χ1n) is 8.73. The number of carboxylic acids is 1. The zero-order valence-corrected chi connectivity index (χ0v) is 14.2. The Balaban J connectivity index is 2.49. The second-order valence-electron chi connectivity index (χ2n) is 6.59. The van der Waals surface area contributed by atoms with E-state index in [1.807, 2.05) is 0 Å². The molecule has 0 aromatic heterocycles. The average molecular weight is 298 g/mol. The Morgan fingerprint density at radius 1 is 1.29 bits per heavy atom. The van der Waals surface area contributed by atoms with Crippen molar-refractivity contribution in [3.8, 4) is 0 Å². The summed E-state index contributed by atoms with van der Waals surface area (Å²) < 4.78 is 0. The Hall–Kier alpha value is -0.610. The number of carboxylic acid groups (broad SMARTS) is 1. The first-order chi connectivity index (χ1) is 10.1. The molecule has 0 radical (unpaired) electrons. The second kappa shape index (κ2) is 9.42. The lowest BCUT2D eigenvalue weighted by Gasteiger charge is -2.33. The molecule has 1 saturated carbocycles. The van der Waals surface area contributed by atoms with Crippen molar-refractivity contribution in [1.29, 1.82) is 0 Å². The molecule has 0 amide bonds. The van der Waals surface area contributed by atoms with Crippen LogP contribution in [0.3, 0.4) is 0 Å². The molecule has 0 bridgehead atoms. The van der Waals surface area contributed by atoms with E-state index in [1.165, 1.54) is 19.3 Å². The standard InChI is InChI=1S/C17H34N2O2/c1-4-6-7-13-19(3)14-10-15-9-8-11-17(15,16(20)21)18-12-5-2/h15,18H,4-14H2,1-3H3,(H,20,21). The maximum absolute atomic E-state index is 11.8. The highest BCUT2D eigenvalue weighted by Gasteiger charge is 2.48. The van der Waals surface area contributed by atoms with E-state index >= 15 is 0 Å². The molecule has 0 heterocycles. The van der Waals surface area contributed by atoms with Crippen LogP contribution in [0.15, 0.2) is 0 Å². The number of hydrogen-bond acceptors (Lipinski definition) is 3. The zero-order chi connectivity index (χ0) is 15.7. The minimum Gasteiger partial charge on any atom is -0.480 e. The normalized spacial score (nSPS) is 25.6. The number of unbranched alkanes of at least 4 members (excludes halogenated alkanes) is 2. The highest BCUT2D eigenvalue weighted by molar-refractivity contribution is 5.79. The maximum Gasteiger partial charge on any atom is 0.324 e. The number of nitrogens with one attached hydrogen (secondary N) is 1. The fraction of sp³-hybridized carbons (Fsp3) is 0.941. The average Bonchev–Trinajstić information content (AvgIpc) is 2.87. The largest absolute Gasteiger partial charge is 0.480 e. The van der Waals surface area contributed by atoms with Crippen molar-refractivity contribution in [1.82, 2.24) is 10.2 Å². The third kappa shape index (κ3) is 5.26. The minimum atomic E-state index is -0.666. The fourth-order valence-corrected chi connectivity index (χ4v) is 3.53. The smallest absolute Gasteiger partial charge is 0.324 e. The van der Waals surface area contributed by atoms with Gasteiger partial charge in [-0.15, -0.1) is 0 Å². The van der Waals surface area contributed by atoms with Crippen molar-refractivity contribution < 1.29 is 9.90 Å². The van der Waals surface area contributed by atoms with Crippen LogP contribution in [0.4, 0.5) is 0 Å². The van der Waals surface area contributed by atoms with Crippen molar-refractivity contribution in [3.05, 3.63) is 0 Å². The molecule has 0 spiro atoms. The Labute approximate surface area is 130 Å². The van der Waals surface area contributed by atoms with Gasteiger partial charge in [-0.2, -0.15) is 0 Å². The van der Waals surface area contributed by atoms with Crippen molar-refractivity contribution >= 4 is 5.97 Å². The summed E-state index contributed by atoms with van der Waals surface area (Å²) in [5.74, 6) is -0.373. The van der Waals surface area contributed by atoms with Gasteiger partial charge in [-0.25, -0.2) is 0 Å². The molecule has 2 N–H and O–H groups in total. The van der Waals surface area contributed by atoms with E-state index in [0.29, 0.717) is 0 Å². The molecule has 0 aromatic rings. The van der Waals surface area contributed by atoms with E-state index in [0.717, 1.165) is 51.7 Å². The van der Waals surface area contributed by atoms with Gasteiger partial charge in [-0.1, -0.05) is 33.1 Å². The van der Waals surface area contributed by atoms with E-state index in [-0.39, 0.29) is 5.92 Å². The van der Waals surface area contributed by atoms with Crippen LogP contribution in [-0.2, 0) is 4.79 Å². The Morgan fingerprint density at radius 2 is 2.05 bits per heavy atom. The molecule has 4 heteroatoms. The van der Waals surface area contributed by atoms with Gasteiger partial charge < -0.3 is 15.3 Å². The summed E-state index contributed by atoms with van der Waals surface area (Å²) >= 11 is 0. The lowest BCUT2D eigenvalue weighted by atomic mass is 9.84. The van der Waals surface area contributed by atoms with Gasteiger partial charge >= 0.3 is 5.97 Å². The molecule has 0 saturated heterocycles. The Morgan fingerprint density at radius 3 is 2.67 bits per heavy atom. The quantitative estimate of drug-likeness (QED) is 0.575. The van der Waals surface area contributed by atoms with Gasteiger partial charge in [0, 0.05) is 0 Å². The van der Waals surface area contributed by atoms with Crippen LogP contribution >= 0.6 is 0 Å². The molecular formula is C17H34N2O2. The van der Waals surface area contributed by atoms with E-state index in [9.17, 15) is 9.90 Å². The first kappa shape index (κ1) is 18.4. The van der Waals surface area contributed by atoms with Crippen LogP contribution in [0.25, 0.3) is 0 Å². The monoisotopic (exact) mass is 298 g/mol. The molecule has 1 aliphatic rings. The number of nitrogens with zero attached hydrogens (tertiary/aromatic N) is 1. The van der Waals surface area contributed by atoms with Crippen molar-refractivity contribution in [2.45, 2.75) is 70.8 Å². The number of aliphatic carboxylic acids is 1. The first-order valence-corrected chi connectivity index (χ1v) is 8.73. The maximum atomic E-state index is 11.8. The van der Waals surface area contributed by atoms with Gasteiger partial charge in [-0.05, 0) is 64.7 Å². The van der Waals surface area contributed by atoms with Crippen molar-refractivity contribution in [3.63, 3.8) is 0 Å². The summed E-state index contributed by atoms with van der Waals surface area (Å²) in [5.41, 5.74) is -0.666. The Kier molecular flexibility index (Phi) is 8.27. The minimum absolute atomic E-state index is 0.273. The molecule has 21 heavy (non-hydrogen) atoms. The van der Waals surface area contributed by atoms with Crippen molar-refractivity contribution in [2.75, 3.05) is 26.7 Å². The van der Waals surface area contributed by atoms with Crippen LogP contribution in [0.1, 0.15) is 65.2 Å². The summed E-state index contributed by atoms with van der Waals surface area (Å²) in [7, 11) is 2.16. The third-order valence-electron chi connectivity index (χ3n) is 4.90. The highest BCUT2D eigenvalue weighted by atomic mass is 16.4. The number of rotatable bonds is 11. The molecule has 0 aliphatic heterocycles. The summed E-state index contributed by atoms with van der Waals surface area (Å²) in [5, 5.41) is 13.1. The molecule has 1 fully saturated rings. The van der Waals surface area contributed by atoms with Gasteiger partial charge in [0.15, 0.2) is 0 Å². The van der Waals surface area contributed by atoms with Gasteiger partial charge in [0.1, 0.15) is 5.54 Å². The summed E-state index contributed by atoms with van der Waals surface area (Å²) in [6, 6.07) is 0. The Bertz CT molecular complexity index is 309. The number of hydrogen-bond donors (Lipinski definition) is 2. The third-order valence-corrected chi connectivity index (χ3v) is 4.90. The molecule has 1 rings (SSSR count). The molecule has 2 unspecified atom stereocenters. The van der Waals surface area contributed by atoms with E-state index < -0.39 is 11.5 Å². The molecule has 4 nitrogen and oxygen atoms in total. The SMILES string of the molecule is CCCCCN(C)CCC1CCCC1(NCCC)C(=O)O. The van der Waals surface area contributed by atoms with Crippen LogP contribution in [0, 0.1) is 5.92 Å². The lowest BCUT2D eigenvalue weighted by molar-refractivity contribution is -0.146. The van der Waals surface area contributed by atoms with Crippen LogP contribution in [0.2, 0.25) is 0 Å². The molecule has 0 aromatic carbocycles. The van der Waals surface area contributed by atoms with Crippen LogP contribution in [0.5, 0.6) is 0 Å². The highest BCUT2D eigenvalue weighted by Crippen LogP contribution is 2.38.